The normalized spacial score (nSPS) is 27.4. The average Bonchev–Trinajstić information content (AvgIpc) is 2.29. The van der Waals surface area contributed by atoms with Crippen molar-refractivity contribution in [2.75, 3.05) is 31.6 Å². The van der Waals surface area contributed by atoms with Crippen LogP contribution in [-0.2, 0) is 0 Å². The van der Waals surface area contributed by atoms with Gasteiger partial charge in [0, 0.05) is 31.4 Å². The van der Waals surface area contributed by atoms with Gasteiger partial charge in [-0.2, -0.15) is 4.39 Å². The Morgan fingerprint density at radius 3 is 3.00 bits per heavy atom. The quantitative estimate of drug-likeness (QED) is 0.652. The van der Waals surface area contributed by atoms with Crippen LogP contribution in [-0.4, -0.2) is 48.7 Å². The minimum atomic E-state index is -0.411. The molecule has 5 heteroatoms. The van der Waals surface area contributed by atoms with E-state index in [9.17, 15) is 4.39 Å². The molecule has 0 aromatic carbocycles. The molecule has 2 atom stereocenters. The van der Waals surface area contributed by atoms with Gasteiger partial charge in [0.15, 0.2) is 0 Å². The Morgan fingerprint density at radius 2 is 2.22 bits per heavy atom. The highest BCUT2D eigenvalue weighted by Crippen LogP contribution is 2.39. The maximum atomic E-state index is 14.1. The second-order valence-corrected chi connectivity index (χ2v) is 5.25. The van der Waals surface area contributed by atoms with Crippen molar-refractivity contribution in [3.05, 3.63) is 17.7 Å². The molecule has 1 saturated heterocycles. The van der Waals surface area contributed by atoms with E-state index in [0.29, 0.717) is 17.1 Å². The van der Waals surface area contributed by atoms with Gasteiger partial charge in [-0.25, -0.2) is 4.98 Å². The molecule has 2 unspecified atom stereocenters. The van der Waals surface area contributed by atoms with E-state index in [-0.39, 0.29) is 12.1 Å². The van der Waals surface area contributed by atoms with Gasteiger partial charge in [-0.3, -0.25) is 0 Å². The van der Waals surface area contributed by atoms with Crippen LogP contribution < -0.4 is 9.64 Å². The first-order valence-corrected chi connectivity index (χ1v) is 6.35. The highest BCUT2D eigenvalue weighted by atomic mass is 19.1. The molecular weight excluding hydrogens is 233 g/mol. The van der Waals surface area contributed by atoms with Gasteiger partial charge in [-0.05, 0) is 20.9 Å². The van der Waals surface area contributed by atoms with Crippen molar-refractivity contribution in [3.63, 3.8) is 0 Å². The van der Waals surface area contributed by atoms with Crippen molar-refractivity contribution in [1.29, 1.82) is 0 Å². The first-order chi connectivity index (χ1) is 8.56. The Balaban J connectivity index is 2.05. The first-order valence-electron chi connectivity index (χ1n) is 6.35. The highest BCUT2D eigenvalue weighted by molar-refractivity contribution is 5.61. The summed E-state index contributed by atoms with van der Waals surface area (Å²) in [6.07, 6.45) is 0.0708. The third kappa shape index (κ3) is 1.73. The average molecular weight is 251 g/mol. The zero-order valence-electron chi connectivity index (χ0n) is 11.0. The second-order valence-electron chi connectivity index (χ2n) is 5.25. The van der Waals surface area contributed by atoms with E-state index < -0.39 is 5.95 Å². The summed E-state index contributed by atoms with van der Waals surface area (Å²) in [5.41, 5.74) is 1.20. The molecule has 1 aromatic rings. The van der Waals surface area contributed by atoms with Crippen LogP contribution in [0, 0.1) is 12.9 Å². The molecule has 18 heavy (non-hydrogen) atoms. The molecule has 98 valence electrons. The van der Waals surface area contributed by atoms with Gasteiger partial charge >= 0.3 is 0 Å². The van der Waals surface area contributed by atoms with Crippen LogP contribution in [0.2, 0.25) is 0 Å². The molecule has 2 aliphatic rings. The van der Waals surface area contributed by atoms with Gasteiger partial charge in [-0.1, -0.05) is 0 Å². The van der Waals surface area contributed by atoms with Gasteiger partial charge in [-0.15, -0.1) is 0 Å². The number of hydrogen-bond acceptors (Lipinski definition) is 4. The lowest BCUT2D eigenvalue weighted by Crippen LogP contribution is -2.59. The van der Waals surface area contributed by atoms with Crippen molar-refractivity contribution >= 4 is 5.69 Å². The number of ether oxygens (including phenoxy) is 1. The fourth-order valence-corrected chi connectivity index (χ4v) is 2.86. The third-order valence-electron chi connectivity index (χ3n) is 3.81. The van der Waals surface area contributed by atoms with E-state index in [1.807, 2.05) is 13.0 Å². The van der Waals surface area contributed by atoms with Crippen LogP contribution in [0.15, 0.2) is 6.07 Å². The minimum Gasteiger partial charge on any atom is -0.486 e. The number of aromatic nitrogens is 1. The summed E-state index contributed by atoms with van der Waals surface area (Å²) in [6.45, 7) is 6.49. The number of hydrogen-bond donors (Lipinski definition) is 0. The molecular formula is C13H18FN3O. The van der Waals surface area contributed by atoms with Crippen molar-refractivity contribution in [1.82, 2.24) is 9.88 Å². The number of anilines is 1. The number of rotatable bonds is 0. The number of nitrogens with zero attached hydrogens (tertiary/aromatic N) is 3. The van der Waals surface area contributed by atoms with E-state index in [1.54, 1.807) is 6.92 Å². The number of fused-ring (bicyclic) bond motifs is 3. The van der Waals surface area contributed by atoms with Crippen LogP contribution >= 0.6 is 0 Å². The van der Waals surface area contributed by atoms with Crippen molar-refractivity contribution in [3.8, 4) is 5.75 Å². The SMILES string of the molecule is Cc1cc2c(c(F)n1)N1CCN(C)CC1C(C)O2. The predicted octanol–water partition coefficient (Wildman–Crippen LogP) is 1.43. The number of aryl methyl sites for hydroxylation is 1. The molecule has 0 N–H and O–H groups in total. The van der Waals surface area contributed by atoms with E-state index >= 15 is 0 Å². The topological polar surface area (TPSA) is 28.6 Å². The molecule has 1 fully saturated rings. The first kappa shape index (κ1) is 11.7. The fraction of sp³-hybridized carbons (Fsp3) is 0.615. The smallest absolute Gasteiger partial charge is 0.240 e. The summed E-state index contributed by atoms with van der Waals surface area (Å²) in [7, 11) is 2.09. The molecule has 3 heterocycles. The van der Waals surface area contributed by atoms with Gasteiger partial charge < -0.3 is 14.5 Å². The summed E-state index contributed by atoms with van der Waals surface area (Å²) in [5, 5.41) is 0. The highest BCUT2D eigenvalue weighted by Gasteiger charge is 2.38. The third-order valence-corrected chi connectivity index (χ3v) is 3.81. The van der Waals surface area contributed by atoms with Gasteiger partial charge in [0.1, 0.15) is 17.5 Å². The second kappa shape index (κ2) is 4.09. The molecule has 0 saturated carbocycles. The van der Waals surface area contributed by atoms with E-state index in [0.717, 1.165) is 19.6 Å². The molecule has 0 bridgehead atoms. The number of halogens is 1. The summed E-state index contributed by atoms with van der Waals surface area (Å²) < 4.78 is 19.9. The van der Waals surface area contributed by atoms with Crippen molar-refractivity contribution < 1.29 is 9.13 Å². The van der Waals surface area contributed by atoms with Crippen LogP contribution in [0.4, 0.5) is 10.1 Å². The molecule has 3 rings (SSSR count). The Kier molecular flexibility index (Phi) is 2.66. The predicted molar refractivity (Wildman–Crippen MR) is 67.7 cm³/mol. The van der Waals surface area contributed by atoms with Crippen LogP contribution in [0.25, 0.3) is 0 Å². The maximum Gasteiger partial charge on any atom is 0.240 e. The molecule has 0 aliphatic carbocycles. The zero-order valence-corrected chi connectivity index (χ0v) is 11.0. The molecule has 1 aromatic heterocycles. The molecule has 0 spiro atoms. The van der Waals surface area contributed by atoms with Crippen LogP contribution in [0.3, 0.4) is 0 Å². The Hall–Kier alpha value is -1.36. The maximum absolute atomic E-state index is 14.1. The van der Waals surface area contributed by atoms with Crippen molar-refractivity contribution in [2.24, 2.45) is 0 Å². The summed E-state index contributed by atoms with van der Waals surface area (Å²) in [6, 6.07) is 2.03. The Morgan fingerprint density at radius 1 is 1.44 bits per heavy atom. The molecule has 0 amide bonds. The molecule has 2 aliphatic heterocycles. The Labute approximate surface area is 106 Å². The largest absolute Gasteiger partial charge is 0.486 e. The minimum absolute atomic E-state index is 0.0708. The molecule has 0 radical (unpaired) electrons. The Bertz CT molecular complexity index is 480. The lowest BCUT2D eigenvalue weighted by atomic mass is 10.0. The monoisotopic (exact) mass is 251 g/mol. The number of piperazine rings is 1. The fourth-order valence-electron chi connectivity index (χ4n) is 2.86. The molecule has 4 nitrogen and oxygen atoms in total. The van der Waals surface area contributed by atoms with Crippen LogP contribution in [0.1, 0.15) is 12.6 Å². The summed E-state index contributed by atoms with van der Waals surface area (Å²) in [4.78, 5) is 8.29. The zero-order chi connectivity index (χ0) is 12.9. The summed E-state index contributed by atoms with van der Waals surface area (Å²) in [5.74, 6) is 0.222. The van der Waals surface area contributed by atoms with Crippen LogP contribution in [0.5, 0.6) is 5.75 Å². The number of likely N-dealkylation sites (N-methyl/N-ethyl adjacent to an activating group) is 1. The van der Waals surface area contributed by atoms with E-state index in [2.05, 4.69) is 21.8 Å². The van der Waals surface area contributed by atoms with Gasteiger partial charge in [0.2, 0.25) is 5.95 Å². The standard InChI is InChI=1S/C13H18FN3O/c1-8-6-11-12(13(14)15-8)17-5-4-16(3)7-10(17)9(2)18-11/h6,9-10H,4-5,7H2,1-3H3. The van der Waals surface area contributed by atoms with Crippen molar-refractivity contribution in [2.45, 2.75) is 26.0 Å². The lowest BCUT2D eigenvalue weighted by Gasteiger charge is -2.47. The van der Waals surface area contributed by atoms with Gasteiger partial charge in [0.05, 0.1) is 6.04 Å². The summed E-state index contributed by atoms with van der Waals surface area (Å²) >= 11 is 0. The lowest BCUT2D eigenvalue weighted by molar-refractivity contribution is 0.122. The number of pyridine rings is 1. The van der Waals surface area contributed by atoms with E-state index in [4.69, 9.17) is 4.74 Å². The van der Waals surface area contributed by atoms with E-state index in [1.165, 1.54) is 0 Å². The van der Waals surface area contributed by atoms with Gasteiger partial charge in [0.25, 0.3) is 0 Å².